The average Bonchev–Trinajstić information content (AvgIpc) is 3.62. The number of ketones is 1. The molecule has 13 heteroatoms. The maximum Gasteiger partial charge on any atom is 0.416 e. The van der Waals surface area contributed by atoms with Crippen LogP contribution in [0.4, 0.5) is 17.6 Å². The van der Waals surface area contributed by atoms with E-state index < -0.39 is 33.9 Å². The van der Waals surface area contributed by atoms with Gasteiger partial charge in [0, 0.05) is 31.5 Å². The van der Waals surface area contributed by atoms with Gasteiger partial charge >= 0.3 is 6.18 Å². The van der Waals surface area contributed by atoms with Gasteiger partial charge in [0.15, 0.2) is 5.78 Å². The molecule has 3 unspecified atom stereocenters. The van der Waals surface area contributed by atoms with Crippen LogP contribution in [0.15, 0.2) is 71.7 Å². The lowest BCUT2D eigenvalue weighted by Gasteiger charge is -2.49. The Kier molecular flexibility index (Phi) is 7.35. The predicted octanol–water partition coefficient (Wildman–Crippen LogP) is 6.10. The number of carbonyl (C=O) groups is 1. The molecule has 0 saturated heterocycles. The van der Waals surface area contributed by atoms with Gasteiger partial charge in [-0.2, -0.15) is 23.4 Å². The number of aryl methyl sites for hydroxylation is 1. The van der Waals surface area contributed by atoms with E-state index in [4.69, 9.17) is 0 Å². The zero-order valence-corrected chi connectivity index (χ0v) is 25.2. The second-order valence-electron chi connectivity index (χ2n) is 12.1. The Bertz CT molecular complexity index is 1830. The van der Waals surface area contributed by atoms with Crippen LogP contribution in [0.25, 0.3) is 11.8 Å². The van der Waals surface area contributed by atoms with E-state index in [1.807, 2.05) is 10.4 Å². The number of pyridine rings is 1. The Morgan fingerprint density at radius 3 is 2.51 bits per heavy atom. The molecule has 0 spiro atoms. The lowest BCUT2D eigenvalue weighted by atomic mass is 9.60. The molecule has 0 N–H and O–H groups in total. The van der Waals surface area contributed by atoms with Crippen molar-refractivity contribution in [1.29, 1.82) is 0 Å². The van der Waals surface area contributed by atoms with Crippen molar-refractivity contribution < 1.29 is 26.6 Å². The standard InChI is InChI=1S/C32H30F4N6O2S/c1-40-19-27(18-38-40)45(44)42(25-3-2-4-25)26-8-5-21-14-29-20(17-39-41(29)24-9-6-23(33)7-10-24)15-31(21,16-26)30(43)28-13-22(11-12-37-28)32(34,35)36/h6-7,9-14,17-19,25-26H,2-5,8,15-16H2,1H3. The fourth-order valence-electron chi connectivity index (χ4n) is 6.89. The highest BCUT2D eigenvalue weighted by Gasteiger charge is 2.52. The molecule has 7 rings (SSSR count). The molecule has 3 heterocycles. The maximum atomic E-state index is 14.6. The van der Waals surface area contributed by atoms with Crippen molar-refractivity contribution >= 4 is 22.8 Å². The summed E-state index contributed by atoms with van der Waals surface area (Å²) in [5.41, 5.74) is 0.492. The van der Waals surface area contributed by atoms with E-state index in [-0.39, 0.29) is 36.4 Å². The highest BCUT2D eigenvalue weighted by atomic mass is 32.2. The quantitative estimate of drug-likeness (QED) is 0.181. The number of nitrogens with zero attached hydrogens (tertiary/aromatic N) is 6. The van der Waals surface area contributed by atoms with Gasteiger partial charge in [0.2, 0.25) is 0 Å². The number of hydrogen-bond acceptors (Lipinski definition) is 5. The largest absolute Gasteiger partial charge is 0.416 e. The van der Waals surface area contributed by atoms with E-state index in [1.54, 1.807) is 47.1 Å². The smallest absolute Gasteiger partial charge is 0.291 e. The van der Waals surface area contributed by atoms with Crippen LogP contribution in [0.5, 0.6) is 0 Å². The first-order valence-corrected chi connectivity index (χ1v) is 15.9. The SMILES string of the molecule is Cn1cc(S(=O)N(C2CCC2)C2CCC3=Cc4c(cnn4-c4ccc(F)cc4)CC3(C(=O)c3cc(C(F)(F)F)ccn3)C2)cn1. The molecule has 45 heavy (non-hydrogen) atoms. The molecule has 3 aliphatic rings. The fourth-order valence-corrected chi connectivity index (χ4v) is 8.44. The minimum absolute atomic E-state index is 0.0563. The molecule has 3 aromatic heterocycles. The molecule has 0 radical (unpaired) electrons. The monoisotopic (exact) mass is 638 g/mol. The number of benzene rings is 1. The van der Waals surface area contributed by atoms with Gasteiger partial charge in [-0.1, -0.05) is 12.0 Å². The maximum absolute atomic E-state index is 14.6. The molecule has 2 fully saturated rings. The van der Waals surface area contributed by atoms with Crippen LogP contribution in [0.3, 0.4) is 0 Å². The molecule has 2 saturated carbocycles. The summed E-state index contributed by atoms with van der Waals surface area (Å²) in [6.07, 6.45) is 7.54. The van der Waals surface area contributed by atoms with Gasteiger partial charge in [-0.25, -0.2) is 17.6 Å². The van der Waals surface area contributed by atoms with Crippen molar-refractivity contribution in [3.8, 4) is 5.69 Å². The summed E-state index contributed by atoms with van der Waals surface area (Å²) in [5.74, 6) is -0.875. The zero-order chi connectivity index (χ0) is 31.5. The van der Waals surface area contributed by atoms with Gasteiger partial charge in [-0.05, 0) is 86.6 Å². The first-order valence-electron chi connectivity index (χ1n) is 14.8. The molecule has 0 amide bonds. The van der Waals surface area contributed by atoms with E-state index in [0.29, 0.717) is 23.4 Å². The van der Waals surface area contributed by atoms with Crippen LogP contribution in [-0.4, -0.2) is 50.9 Å². The molecule has 3 atom stereocenters. The van der Waals surface area contributed by atoms with E-state index in [0.717, 1.165) is 54.4 Å². The number of aromatic nitrogens is 5. The normalized spacial score (nSPS) is 22.4. The summed E-state index contributed by atoms with van der Waals surface area (Å²) in [5, 5.41) is 8.75. The molecule has 3 aliphatic carbocycles. The van der Waals surface area contributed by atoms with E-state index in [9.17, 15) is 26.6 Å². The Morgan fingerprint density at radius 1 is 1.07 bits per heavy atom. The average molecular weight is 639 g/mol. The second-order valence-corrected chi connectivity index (χ2v) is 13.5. The molecular weight excluding hydrogens is 608 g/mol. The van der Waals surface area contributed by atoms with Gasteiger partial charge in [-0.15, -0.1) is 0 Å². The molecule has 1 aromatic carbocycles. The molecule has 4 aromatic rings. The number of Topliss-reactive ketones (excluding diaryl/α,β-unsaturated/α-hetero) is 1. The summed E-state index contributed by atoms with van der Waals surface area (Å²) in [7, 11) is 0.217. The van der Waals surface area contributed by atoms with Crippen molar-refractivity contribution in [2.24, 2.45) is 12.5 Å². The van der Waals surface area contributed by atoms with E-state index in [2.05, 4.69) is 15.2 Å². The number of carbonyl (C=O) groups excluding carboxylic acids is 1. The van der Waals surface area contributed by atoms with E-state index in [1.165, 1.54) is 12.1 Å². The van der Waals surface area contributed by atoms with Crippen LogP contribution in [-0.2, 0) is 30.6 Å². The molecule has 8 nitrogen and oxygen atoms in total. The number of alkyl halides is 3. The van der Waals surface area contributed by atoms with Crippen molar-refractivity contribution in [2.75, 3.05) is 0 Å². The van der Waals surface area contributed by atoms with Crippen LogP contribution in [0, 0.1) is 11.2 Å². The van der Waals surface area contributed by atoms with Gasteiger partial charge in [0.25, 0.3) is 0 Å². The third-order valence-electron chi connectivity index (χ3n) is 9.33. The Morgan fingerprint density at radius 2 is 1.84 bits per heavy atom. The van der Waals surface area contributed by atoms with Crippen molar-refractivity contribution in [3.63, 3.8) is 0 Å². The lowest BCUT2D eigenvalue weighted by Crippen LogP contribution is -2.53. The van der Waals surface area contributed by atoms with Gasteiger partial charge in [-0.3, -0.25) is 14.5 Å². The predicted molar refractivity (Wildman–Crippen MR) is 158 cm³/mol. The van der Waals surface area contributed by atoms with E-state index >= 15 is 0 Å². The van der Waals surface area contributed by atoms with Crippen LogP contribution < -0.4 is 0 Å². The fraction of sp³-hybridized carbons (Fsp3) is 0.375. The lowest BCUT2D eigenvalue weighted by molar-refractivity contribution is -0.137. The van der Waals surface area contributed by atoms with Crippen molar-refractivity contribution in [1.82, 2.24) is 28.9 Å². The number of halogens is 4. The zero-order valence-electron chi connectivity index (χ0n) is 24.4. The molecule has 0 aliphatic heterocycles. The topological polar surface area (TPSA) is 85.9 Å². The highest BCUT2D eigenvalue weighted by molar-refractivity contribution is 7.82. The Balaban J connectivity index is 1.32. The number of fused-ring (bicyclic) bond motifs is 2. The van der Waals surface area contributed by atoms with Crippen molar-refractivity contribution in [3.05, 3.63) is 95.1 Å². The summed E-state index contributed by atoms with van der Waals surface area (Å²) >= 11 is 0. The highest BCUT2D eigenvalue weighted by Crippen LogP contribution is 2.52. The summed E-state index contributed by atoms with van der Waals surface area (Å²) in [6, 6.07) is 7.37. The van der Waals surface area contributed by atoms with Crippen LogP contribution in [0.1, 0.15) is 65.8 Å². The minimum atomic E-state index is -4.64. The third-order valence-corrected chi connectivity index (χ3v) is 10.9. The molecule has 234 valence electrons. The van der Waals surface area contributed by atoms with Crippen LogP contribution in [0.2, 0.25) is 0 Å². The summed E-state index contributed by atoms with van der Waals surface area (Å²) < 4.78 is 74.1. The van der Waals surface area contributed by atoms with Crippen LogP contribution >= 0.6 is 0 Å². The molecular formula is C32H30F4N6O2S. The molecule has 0 bridgehead atoms. The summed E-state index contributed by atoms with van der Waals surface area (Å²) in [4.78, 5) is 19.3. The first-order chi connectivity index (χ1) is 21.5. The Hall–Kier alpha value is -3.97. The van der Waals surface area contributed by atoms with Gasteiger partial charge < -0.3 is 0 Å². The van der Waals surface area contributed by atoms with Gasteiger partial charge in [0.1, 0.15) is 22.5 Å². The van der Waals surface area contributed by atoms with Crippen molar-refractivity contribution in [2.45, 2.75) is 68.1 Å². The number of allylic oxidation sites excluding steroid dienone is 1. The first kappa shape index (κ1) is 29.7. The number of hydrogen-bond donors (Lipinski definition) is 0. The third kappa shape index (κ3) is 5.25. The number of rotatable bonds is 7. The Labute approximate surface area is 259 Å². The second kappa shape index (κ2) is 11.1. The minimum Gasteiger partial charge on any atom is -0.291 e. The summed E-state index contributed by atoms with van der Waals surface area (Å²) in [6.45, 7) is 0. The van der Waals surface area contributed by atoms with Gasteiger partial charge in [0.05, 0.1) is 39.6 Å².